The third-order valence-corrected chi connectivity index (χ3v) is 3.80. The van der Waals surface area contributed by atoms with Crippen LogP contribution >= 0.6 is 0 Å². The van der Waals surface area contributed by atoms with Crippen LogP contribution in [0.1, 0.15) is 44.7 Å². The number of aliphatic hydroxyl groups excluding tert-OH is 1. The van der Waals surface area contributed by atoms with Gasteiger partial charge in [0.2, 0.25) is 0 Å². The fourth-order valence-electron chi connectivity index (χ4n) is 2.59. The Morgan fingerprint density at radius 2 is 2.11 bits per heavy atom. The van der Waals surface area contributed by atoms with Crippen molar-refractivity contribution in [2.24, 2.45) is 5.92 Å². The van der Waals surface area contributed by atoms with Gasteiger partial charge in [-0.1, -0.05) is 33.3 Å². The molecule has 1 unspecified atom stereocenters. The van der Waals surface area contributed by atoms with Crippen molar-refractivity contribution in [3.63, 3.8) is 0 Å². The van der Waals surface area contributed by atoms with E-state index in [1.807, 2.05) is 18.2 Å². The number of hydrogen-bond donors (Lipinski definition) is 1. The van der Waals surface area contributed by atoms with Gasteiger partial charge in [0.15, 0.2) is 0 Å². The highest BCUT2D eigenvalue weighted by molar-refractivity contribution is 5.43. The Balaban J connectivity index is 3.35. The molecular formula is C16H23NO2. The average molecular weight is 261 g/mol. The molecule has 0 aliphatic heterocycles. The van der Waals surface area contributed by atoms with E-state index < -0.39 is 5.41 Å². The van der Waals surface area contributed by atoms with Gasteiger partial charge in [-0.25, -0.2) is 0 Å². The minimum atomic E-state index is -0.495. The van der Waals surface area contributed by atoms with Crippen molar-refractivity contribution in [3.05, 3.63) is 29.3 Å². The number of nitrogens with zero attached hydrogens (tertiary/aromatic N) is 1. The fourth-order valence-corrected chi connectivity index (χ4v) is 2.59. The molecule has 0 saturated heterocycles. The molecule has 0 saturated carbocycles. The maximum absolute atomic E-state index is 9.68. The van der Waals surface area contributed by atoms with Crippen LogP contribution in [0.15, 0.2) is 18.2 Å². The summed E-state index contributed by atoms with van der Waals surface area (Å²) in [4.78, 5) is 0. The Kier molecular flexibility index (Phi) is 5.38. The molecule has 0 heterocycles. The van der Waals surface area contributed by atoms with E-state index in [-0.39, 0.29) is 12.5 Å². The predicted molar refractivity (Wildman–Crippen MR) is 76.0 cm³/mol. The van der Waals surface area contributed by atoms with Gasteiger partial charge in [-0.2, -0.15) is 5.26 Å². The third-order valence-electron chi connectivity index (χ3n) is 3.80. The first kappa shape index (κ1) is 15.5. The van der Waals surface area contributed by atoms with E-state index in [0.29, 0.717) is 5.75 Å². The lowest BCUT2D eigenvalue weighted by atomic mass is 9.69. The van der Waals surface area contributed by atoms with Gasteiger partial charge >= 0.3 is 0 Å². The molecule has 0 aliphatic carbocycles. The van der Waals surface area contributed by atoms with Gasteiger partial charge in [-0.05, 0) is 30.0 Å². The molecule has 3 nitrogen and oxygen atoms in total. The highest BCUT2D eigenvalue weighted by Crippen LogP contribution is 2.38. The number of benzene rings is 1. The van der Waals surface area contributed by atoms with E-state index in [2.05, 4.69) is 26.8 Å². The highest BCUT2D eigenvalue weighted by atomic mass is 16.5. The molecule has 1 N–H and O–H groups in total. The summed E-state index contributed by atoms with van der Waals surface area (Å²) in [5.41, 5.74) is 1.21. The largest absolute Gasteiger partial charge is 0.496 e. The molecule has 3 heteroatoms. The molecule has 1 aromatic rings. The Morgan fingerprint density at radius 3 is 2.53 bits per heavy atom. The van der Waals surface area contributed by atoms with Crippen LogP contribution in [0.4, 0.5) is 0 Å². The summed E-state index contributed by atoms with van der Waals surface area (Å²) >= 11 is 0. The number of methoxy groups -OCH3 is 1. The standard InChI is InChI=1S/C16H23NO2/c1-5-8-16(11-17,12(2)3)14-6-7-15(19-4)13(9-14)10-18/h6-7,9,12,18H,5,8,10H2,1-4H3. The number of rotatable bonds is 6. The number of hydrogen-bond acceptors (Lipinski definition) is 3. The van der Waals surface area contributed by atoms with Crippen molar-refractivity contribution in [1.29, 1.82) is 5.26 Å². The lowest BCUT2D eigenvalue weighted by Crippen LogP contribution is -2.30. The van der Waals surface area contributed by atoms with E-state index in [4.69, 9.17) is 4.74 Å². The first-order valence-corrected chi connectivity index (χ1v) is 6.75. The van der Waals surface area contributed by atoms with Crippen molar-refractivity contribution >= 4 is 0 Å². The maximum Gasteiger partial charge on any atom is 0.124 e. The topological polar surface area (TPSA) is 53.2 Å². The Labute approximate surface area is 115 Å². The molecule has 0 aliphatic rings. The molecule has 1 atom stereocenters. The molecule has 0 bridgehead atoms. The number of ether oxygens (including phenoxy) is 1. The summed E-state index contributed by atoms with van der Waals surface area (Å²) in [6, 6.07) is 8.18. The van der Waals surface area contributed by atoms with Gasteiger partial charge in [-0.15, -0.1) is 0 Å². The Morgan fingerprint density at radius 1 is 1.42 bits per heavy atom. The normalized spacial score (nSPS) is 13.9. The SMILES string of the molecule is CCCC(C#N)(c1ccc(OC)c(CO)c1)C(C)C. The van der Waals surface area contributed by atoms with Crippen molar-refractivity contribution in [1.82, 2.24) is 0 Å². The van der Waals surface area contributed by atoms with Gasteiger partial charge in [0.05, 0.1) is 25.2 Å². The van der Waals surface area contributed by atoms with Crippen LogP contribution in [0.2, 0.25) is 0 Å². The molecule has 1 aromatic carbocycles. The predicted octanol–water partition coefficient (Wildman–Crippen LogP) is 3.40. The second-order valence-corrected chi connectivity index (χ2v) is 5.17. The summed E-state index contributed by atoms with van der Waals surface area (Å²) in [5, 5.41) is 19.1. The van der Waals surface area contributed by atoms with E-state index >= 15 is 0 Å². The first-order chi connectivity index (χ1) is 9.05. The van der Waals surface area contributed by atoms with Crippen LogP contribution in [0, 0.1) is 17.2 Å². The number of nitriles is 1. The zero-order chi connectivity index (χ0) is 14.5. The van der Waals surface area contributed by atoms with Crippen LogP contribution in [0.5, 0.6) is 5.75 Å². The van der Waals surface area contributed by atoms with Crippen LogP contribution < -0.4 is 4.74 Å². The zero-order valence-electron chi connectivity index (χ0n) is 12.2. The molecule has 0 radical (unpaired) electrons. The quantitative estimate of drug-likeness (QED) is 0.853. The van der Waals surface area contributed by atoms with Gasteiger partial charge in [0, 0.05) is 5.56 Å². The highest BCUT2D eigenvalue weighted by Gasteiger charge is 2.35. The van der Waals surface area contributed by atoms with Crippen LogP contribution in [0.25, 0.3) is 0 Å². The van der Waals surface area contributed by atoms with Crippen molar-refractivity contribution in [3.8, 4) is 11.8 Å². The maximum atomic E-state index is 9.68. The first-order valence-electron chi connectivity index (χ1n) is 6.75. The monoisotopic (exact) mass is 261 g/mol. The van der Waals surface area contributed by atoms with Crippen molar-refractivity contribution in [2.45, 2.75) is 45.6 Å². The second-order valence-electron chi connectivity index (χ2n) is 5.17. The van der Waals surface area contributed by atoms with Gasteiger partial charge < -0.3 is 9.84 Å². The molecule has 0 amide bonds. The Bertz CT molecular complexity index is 462. The molecular weight excluding hydrogens is 238 g/mol. The summed E-state index contributed by atoms with van der Waals surface area (Å²) in [6.07, 6.45) is 1.77. The minimum absolute atomic E-state index is 0.0806. The fraction of sp³-hybridized carbons (Fsp3) is 0.562. The molecule has 0 fully saturated rings. The smallest absolute Gasteiger partial charge is 0.124 e. The summed E-state index contributed by atoms with van der Waals surface area (Å²) in [5.74, 6) is 0.885. The average Bonchev–Trinajstić information content (AvgIpc) is 2.43. The lowest BCUT2D eigenvalue weighted by Gasteiger charge is -2.31. The van der Waals surface area contributed by atoms with E-state index in [0.717, 1.165) is 24.0 Å². The lowest BCUT2D eigenvalue weighted by molar-refractivity contribution is 0.273. The molecule has 19 heavy (non-hydrogen) atoms. The summed E-state index contributed by atoms with van der Waals surface area (Å²) in [6.45, 7) is 6.15. The van der Waals surface area contributed by atoms with Gasteiger partial charge in [0.1, 0.15) is 5.75 Å². The van der Waals surface area contributed by atoms with E-state index in [1.54, 1.807) is 7.11 Å². The minimum Gasteiger partial charge on any atom is -0.496 e. The van der Waals surface area contributed by atoms with Gasteiger partial charge in [0.25, 0.3) is 0 Å². The second kappa shape index (κ2) is 6.58. The number of aliphatic hydroxyl groups is 1. The molecule has 0 spiro atoms. The van der Waals surface area contributed by atoms with E-state index in [1.165, 1.54) is 0 Å². The van der Waals surface area contributed by atoms with Crippen molar-refractivity contribution < 1.29 is 9.84 Å². The van der Waals surface area contributed by atoms with Crippen LogP contribution in [-0.2, 0) is 12.0 Å². The van der Waals surface area contributed by atoms with E-state index in [9.17, 15) is 10.4 Å². The van der Waals surface area contributed by atoms with Crippen LogP contribution in [0.3, 0.4) is 0 Å². The Hall–Kier alpha value is -1.53. The third kappa shape index (κ3) is 2.90. The van der Waals surface area contributed by atoms with Crippen LogP contribution in [-0.4, -0.2) is 12.2 Å². The zero-order valence-corrected chi connectivity index (χ0v) is 12.2. The van der Waals surface area contributed by atoms with Crippen molar-refractivity contribution in [2.75, 3.05) is 7.11 Å². The molecule has 104 valence electrons. The summed E-state index contributed by atoms with van der Waals surface area (Å²) in [7, 11) is 1.58. The molecule has 1 rings (SSSR count). The summed E-state index contributed by atoms with van der Waals surface area (Å²) < 4.78 is 5.22. The molecule has 0 aromatic heterocycles. The van der Waals surface area contributed by atoms with Gasteiger partial charge in [-0.3, -0.25) is 0 Å².